The fourth-order valence-corrected chi connectivity index (χ4v) is 1.93. The molecule has 0 bridgehead atoms. The second kappa shape index (κ2) is 7.02. The van der Waals surface area contributed by atoms with Crippen LogP contribution in [0, 0.1) is 6.92 Å². The Morgan fingerprint density at radius 1 is 1.21 bits per heavy atom. The third kappa shape index (κ3) is 4.47. The smallest absolute Gasteiger partial charge is 0.0802 e. The van der Waals surface area contributed by atoms with Gasteiger partial charge in [0.05, 0.1) is 6.10 Å². The normalized spacial score (nSPS) is 12.3. The third-order valence-corrected chi connectivity index (χ3v) is 3.11. The fraction of sp³-hybridized carbons (Fsp3) is 0.312. The number of pyridine rings is 1. The first-order chi connectivity index (χ1) is 9.25. The molecule has 1 heterocycles. The predicted molar refractivity (Wildman–Crippen MR) is 76.7 cm³/mol. The quantitative estimate of drug-likeness (QED) is 0.781. The first-order valence-electron chi connectivity index (χ1n) is 6.60. The summed E-state index contributed by atoms with van der Waals surface area (Å²) in [6.45, 7) is 3.62. The van der Waals surface area contributed by atoms with Crippen LogP contribution in [0.3, 0.4) is 0 Å². The number of rotatable bonds is 6. The maximum atomic E-state index is 10.1. The van der Waals surface area contributed by atoms with Crippen molar-refractivity contribution in [2.24, 2.45) is 0 Å². The molecule has 2 aromatic rings. The molecule has 0 radical (unpaired) electrons. The van der Waals surface area contributed by atoms with Crippen LogP contribution in [0.2, 0.25) is 0 Å². The van der Waals surface area contributed by atoms with Crippen molar-refractivity contribution < 1.29 is 5.11 Å². The highest BCUT2D eigenvalue weighted by Crippen LogP contribution is 2.16. The van der Waals surface area contributed by atoms with Gasteiger partial charge in [-0.3, -0.25) is 4.98 Å². The van der Waals surface area contributed by atoms with Gasteiger partial charge in [0.2, 0.25) is 0 Å². The SMILES string of the molecule is Cc1ccc(C(O)CCNCc2cccnc2)cc1. The van der Waals surface area contributed by atoms with E-state index in [4.69, 9.17) is 0 Å². The number of hydrogen-bond donors (Lipinski definition) is 2. The van der Waals surface area contributed by atoms with Crippen LogP contribution in [0.1, 0.15) is 29.2 Å². The molecule has 2 N–H and O–H groups in total. The summed E-state index contributed by atoms with van der Waals surface area (Å²) in [4.78, 5) is 4.06. The van der Waals surface area contributed by atoms with Gasteiger partial charge >= 0.3 is 0 Å². The van der Waals surface area contributed by atoms with Gasteiger partial charge in [-0.05, 0) is 37.1 Å². The molecule has 100 valence electrons. The van der Waals surface area contributed by atoms with Crippen LogP contribution in [0.25, 0.3) is 0 Å². The van der Waals surface area contributed by atoms with Crippen LogP contribution in [-0.2, 0) is 6.54 Å². The summed E-state index contributed by atoms with van der Waals surface area (Å²) in [6, 6.07) is 12.0. The van der Waals surface area contributed by atoms with Crippen molar-refractivity contribution in [2.75, 3.05) is 6.54 Å². The number of benzene rings is 1. The van der Waals surface area contributed by atoms with Crippen molar-refractivity contribution in [3.63, 3.8) is 0 Å². The van der Waals surface area contributed by atoms with E-state index in [1.165, 1.54) is 5.56 Å². The van der Waals surface area contributed by atoms with Crippen molar-refractivity contribution in [3.05, 3.63) is 65.5 Å². The Balaban J connectivity index is 1.72. The molecule has 0 aliphatic rings. The molecule has 1 aromatic carbocycles. The van der Waals surface area contributed by atoms with Crippen LogP contribution >= 0.6 is 0 Å². The average Bonchev–Trinajstić information content (AvgIpc) is 2.45. The molecule has 3 nitrogen and oxygen atoms in total. The summed E-state index contributed by atoms with van der Waals surface area (Å²) >= 11 is 0. The Labute approximate surface area is 114 Å². The minimum atomic E-state index is -0.401. The summed E-state index contributed by atoms with van der Waals surface area (Å²) in [7, 11) is 0. The van der Waals surface area contributed by atoms with Crippen LogP contribution < -0.4 is 5.32 Å². The van der Waals surface area contributed by atoms with Crippen LogP contribution in [-0.4, -0.2) is 16.6 Å². The molecule has 0 aliphatic heterocycles. The molecule has 0 saturated heterocycles. The molecule has 0 aliphatic carbocycles. The van der Waals surface area contributed by atoms with E-state index in [1.807, 2.05) is 49.5 Å². The third-order valence-electron chi connectivity index (χ3n) is 3.11. The predicted octanol–water partition coefficient (Wildman–Crippen LogP) is 2.60. The minimum Gasteiger partial charge on any atom is -0.388 e. The topological polar surface area (TPSA) is 45.1 Å². The van der Waals surface area contributed by atoms with Crippen LogP contribution in [0.15, 0.2) is 48.8 Å². The lowest BCUT2D eigenvalue weighted by Crippen LogP contribution is -2.17. The molecule has 1 atom stereocenters. The highest BCUT2D eigenvalue weighted by Gasteiger charge is 2.06. The lowest BCUT2D eigenvalue weighted by molar-refractivity contribution is 0.166. The average molecular weight is 256 g/mol. The Hall–Kier alpha value is -1.71. The van der Waals surface area contributed by atoms with E-state index in [0.29, 0.717) is 6.42 Å². The van der Waals surface area contributed by atoms with E-state index in [-0.39, 0.29) is 0 Å². The molecule has 0 saturated carbocycles. The molecule has 2 rings (SSSR count). The number of aliphatic hydroxyl groups is 1. The van der Waals surface area contributed by atoms with Gasteiger partial charge in [0, 0.05) is 18.9 Å². The van der Waals surface area contributed by atoms with E-state index in [9.17, 15) is 5.11 Å². The lowest BCUT2D eigenvalue weighted by Gasteiger charge is -2.12. The highest BCUT2D eigenvalue weighted by atomic mass is 16.3. The largest absolute Gasteiger partial charge is 0.388 e. The van der Waals surface area contributed by atoms with E-state index < -0.39 is 6.10 Å². The molecule has 1 unspecified atom stereocenters. The summed E-state index contributed by atoms with van der Waals surface area (Å²) in [6.07, 6.45) is 3.93. The van der Waals surface area contributed by atoms with Gasteiger partial charge in [0.25, 0.3) is 0 Å². The van der Waals surface area contributed by atoms with E-state index >= 15 is 0 Å². The summed E-state index contributed by atoms with van der Waals surface area (Å²) in [5.74, 6) is 0. The van der Waals surface area contributed by atoms with Gasteiger partial charge in [-0.25, -0.2) is 0 Å². The van der Waals surface area contributed by atoms with Crippen LogP contribution in [0.5, 0.6) is 0 Å². The van der Waals surface area contributed by atoms with Gasteiger partial charge in [0.1, 0.15) is 0 Å². The van der Waals surface area contributed by atoms with Gasteiger partial charge in [0.15, 0.2) is 0 Å². The second-order valence-corrected chi connectivity index (χ2v) is 4.75. The van der Waals surface area contributed by atoms with Gasteiger partial charge in [-0.2, -0.15) is 0 Å². The number of aliphatic hydroxyl groups excluding tert-OH is 1. The van der Waals surface area contributed by atoms with Crippen molar-refractivity contribution in [1.82, 2.24) is 10.3 Å². The number of nitrogens with one attached hydrogen (secondary N) is 1. The zero-order valence-corrected chi connectivity index (χ0v) is 11.2. The lowest BCUT2D eigenvalue weighted by atomic mass is 10.1. The van der Waals surface area contributed by atoms with Gasteiger partial charge in [-0.1, -0.05) is 35.9 Å². The zero-order valence-electron chi connectivity index (χ0n) is 11.2. The maximum Gasteiger partial charge on any atom is 0.0802 e. The Kier molecular flexibility index (Phi) is 5.07. The Morgan fingerprint density at radius 2 is 2.00 bits per heavy atom. The first kappa shape index (κ1) is 13.7. The maximum absolute atomic E-state index is 10.1. The number of aromatic nitrogens is 1. The molecule has 0 spiro atoms. The molecule has 3 heteroatoms. The van der Waals surface area contributed by atoms with Crippen molar-refractivity contribution in [1.29, 1.82) is 0 Å². The van der Waals surface area contributed by atoms with E-state index in [0.717, 1.165) is 24.2 Å². The Bertz CT molecular complexity index is 482. The molecular formula is C16H20N2O. The number of hydrogen-bond acceptors (Lipinski definition) is 3. The van der Waals surface area contributed by atoms with Crippen molar-refractivity contribution >= 4 is 0 Å². The zero-order chi connectivity index (χ0) is 13.5. The molecule has 19 heavy (non-hydrogen) atoms. The first-order valence-corrected chi connectivity index (χ1v) is 6.60. The Morgan fingerprint density at radius 3 is 2.68 bits per heavy atom. The van der Waals surface area contributed by atoms with Gasteiger partial charge < -0.3 is 10.4 Å². The minimum absolute atomic E-state index is 0.401. The van der Waals surface area contributed by atoms with Crippen molar-refractivity contribution in [3.8, 4) is 0 Å². The monoisotopic (exact) mass is 256 g/mol. The summed E-state index contributed by atoms with van der Waals surface area (Å²) in [5, 5.41) is 13.4. The highest BCUT2D eigenvalue weighted by molar-refractivity contribution is 5.23. The summed E-state index contributed by atoms with van der Waals surface area (Å²) < 4.78 is 0. The van der Waals surface area contributed by atoms with E-state index in [2.05, 4.69) is 10.3 Å². The van der Waals surface area contributed by atoms with E-state index in [1.54, 1.807) is 6.20 Å². The van der Waals surface area contributed by atoms with Crippen LogP contribution in [0.4, 0.5) is 0 Å². The molecule has 0 amide bonds. The summed E-state index contributed by atoms with van der Waals surface area (Å²) in [5.41, 5.74) is 3.35. The molecule has 0 fully saturated rings. The second-order valence-electron chi connectivity index (χ2n) is 4.75. The molecular weight excluding hydrogens is 236 g/mol. The number of aryl methyl sites for hydroxylation is 1. The molecule has 1 aromatic heterocycles. The standard InChI is InChI=1S/C16H20N2O/c1-13-4-6-15(7-5-13)16(19)8-10-18-12-14-3-2-9-17-11-14/h2-7,9,11,16,18-19H,8,10,12H2,1H3. The van der Waals surface area contributed by atoms with Crippen molar-refractivity contribution in [2.45, 2.75) is 26.0 Å². The van der Waals surface area contributed by atoms with Gasteiger partial charge in [-0.15, -0.1) is 0 Å². The number of nitrogens with zero attached hydrogens (tertiary/aromatic N) is 1. The fourth-order valence-electron chi connectivity index (χ4n) is 1.93.